The number of nitrogens with one attached hydrogen (secondary N) is 1. The van der Waals surface area contributed by atoms with Crippen molar-refractivity contribution in [1.82, 2.24) is 0 Å². The number of halogens is 11. The van der Waals surface area contributed by atoms with Crippen LogP contribution in [0.25, 0.3) is 0 Å². The number of thiophene rings is 1. The Morgan fingerprint density at radius 2 is 1.22 bits per heavy atom. The van der Waals surface area contributed by atoms with Gasteiger partial charge in [-0.15, -0.1) is 11.3 Å². The number of esters is 1. The molecule has 0 atom stereocenters. The summed E-state index contributed by atoms with van der Waals surface area (Å²) < 4.78 is 156. The zero-order valence-corrected chi connectivity index (χ0v) is 16.8. The van der Waals surface area contributed by atoms with Crippen LogP contribution in [0.4, 0.5) is 53.3 Å². The van der Waals surface area contributed by atoms with E-state index in [9.17, 15) is 57.9 Å². The molecular formula is C16H12F11NO3S. The number of amides is 1. The zero-order valence-electron chi connectivity index (χ0n) is 16.0. The molecule has 1 amide bonds. The van der Waals surface area contributed by atoms with Gasteiger partial charge in [-0.25, -0.2) is 9.18 Å². The molecule has 1 aliphatic rings. The zero-order chi connectivity index (χ0) is 25.3. The van der Waals surface area contributed by atoms with Crippen molar-refractivity contribution in [3.05, 3.63) is 16.0 Å². The largest absolute Gasteiger partial charge is 0.462 e. The average molecular weight is 507 g/mol. The van der Waals surface area contributed by atoms with Crippen LogP contribution < -0.4 is 5.32 Å². The molecule has 1 aliphatic carbocycles. The van der Waals surface area contributed by atoms with Gasteiger partial charge in [0.05, 0.1) is 12.2 Å². The highest BCUT2D eigenvalue weighted by Crippen LogP contribution is 2.69. The van der Waals surface area contributed by atoms with Gasteiger partial charge < -0.3 is 10.1 Å². The van der Waals surface area contributed by atoms with E-state index < -0.39 is 57.7 Å². The quantitative estimate of drug-likeness (QED) is 0.440. The topological polar surface area (TPSA) is 55.4 Å². The van der Waals surface area contributed by atoms with Crippen molar-refractivity contribution < 1.29 is 62.6 Å². The number of carbonyl (C=O) groups is 2. The molecule has 1 heterocycles. The number of anilines is 1. The van der Waals surface area contributed by atoms with Crippen molar-refractivity contribution in [2.24, 2.45) is 0 Å². The van der Waals surface area contributed by atoms with E-state index in [2.05, 4.69) is 4.74 Å². The Labute approximate surface area is 175 Å². The SMILES string of the molecule is CCOC(=O)c1c(NC(=O)C2(F)C(F)(F)C(F)(F)C(F)(F)C(F)(F)C2(F)F)sc(C)c1C. The molecule has 0 radical (unpaired) electrons. The number of ether oxygens (including phenoxy) is 1. The summed E-state index contributed by atoms with van der Waals surface area (Å²) in [5.74, 6) is -41.7. The normalized spacial score (nSPS) is 23.9. The summed E-state index contributed by atoms with van der Waals surface area (Å²) in [5, 5.41) is -0.0217. The molecule has 0 aromatic carbocycles. The van der Waals surface area contributed by atoms with Crippen LogP contribution in [0.1, 0.15) is 27.7 Å². The number of hydrogen-bond acceptors (Lipinski definition) is 4. The summed E-state index contributed by atoms with van der Waals surface area (Å²) >= 11 is 0.274. The van der Waals surface area contributed by atoms with Crippen LogP contribution in [0.15, 0.2) is 0 Å². The summed E-state index contributed by atoms with van der Waals surface area (Å²) in [4.78, 5) is 24.1. The molecule has 1 saturated carbocycles. The fourth-order valence-electron chi connectivity index (χ4n) is 2.86. The van der Waals surface area contributed by atoms with Crippen LogP contribution >= 0.6 is 11.3 Å². The van der Waals surface area contributed by atoms with Crippen molar-refractivity contribution in [2.75, 3.05) is 11.9 Å². The lowest BCUT2D eigenvalue weighted by molar-refractivity contribution is -0.475. The van der Waals surface area contributed by atoms with Gasteiger partial charge in [-0.1, -0.05) is 0 Å². The molecule has 0 saturated heterocycles. The van der Waals surface area contributed by atoms with Gasteiger partial charge in [0, 0.05) is 4.88 Å². The lowest BCUT2D eigenvalue weighted by Gasteiger charge is -2.51. The first-order chi connectivity index (χ1) is 14.2. The maximum atomic E-state index is 14.8. The van der Waals surface area contributed by atoms with E-state index in [0.717, 1.165) is 5.32 Å². The summed E-state index contributed by atoms with van der Waals surface area (Å²) in [6.45, 7) is 3.44. The molecule has 1 N–H and O–H groups in total. The summed E-state index contributed by atoms with van der Waals surface area (Å²) in [6.07, 6.45) is 0. The average Bonchev–Trinajstić information content (AvgIpc) is 2.92. The first-order valence-electron chi connectivity index (χ1n) is 8.35. The highest BCUT2D eigenvalue weighted by molar-refractivity contribution is 7.16. The number of hydrogen-bond donors (Lipinski definition) is 1. The fourth-order valence-corrected chi connectivity index (χ4v) is 3.90. The van der Waals surface area contributed by atoms with Crippen LogP contribution in [-0.4, -0.2) is 53.8 Å². The number of alkyl halides is 11. The molecule has 2 rings (SSSR count). The number of aryl methyl sites for hydroxylation is 1. The van der Waals surface area contributed by atoms with Crippen molar-refractivity contribution >= 4 is 28.2 Å². The Balaban J connectivity index is 2.70. The van der Waals surface area contributed by atoms with Crippen LogP contribution in [0, 0.1) is 13.8 Å². The monoisotopic (exact) mass is 507 g/mol. The standard InChI is InChI=1S/C16H12F11NO3S/c1-4-31-9(29)7-5(2)6(3)32-8(7)28-10(30)11(17)12(18,19)14(22,23)16(26,27)15(24,25)13(11,20)21/h4H2,1-3H3,(H,28,30). The summed E-state index contributed by atoms with van der Waals surface area (Å²) in [6, 6.07) is 0. The van der Waals surface area contributed by atoms with Gasteiger partial charge >= 0.3 is 41.3 Å². The maximum absolute atomic E-state index is 14.8. The third-order valence-corrected chi connectivity index (χ3v) is 5.97. The first-order valence-corrected chi connectivity index (χ1v) is 9.16. The molecule has 0 aliphatic heterocycles. The lowest BCUT2D eigenvalue weighted by Crippen LogP contribution is -2.86. The van der Waals surface area contributed by atoms with Gasteiger partial charge in [0.25, 0.3) is 5.91 Å². The molecule has 32 heavy (non-hydrogen) atoms. The van der Waals surface area contributed by atoms with Crippen molar-refractivity contribution in [2.45, 2.75) is 56.1 Å². The summed E-state index contributed by atoms with van der Waals surface area (Å²) in [7, 11) is 0. The van der Waals surface area contributed by atoms with Gasteiger partial charge in [0.15, 0.2) is 0 Å². The molecule has 4 nitrogen and oxygen atoms in total. The molecule has 1 aromatic heterocycles. The van der Waals surface area contributed by atoms with E-state index in [4.69, 9.17) is 0 Å². The minimum Gasteiger partial charge on any atom is -0.462 e. The lowest BCUT2D eigenvalue weighted by atomic mass is 9.71. The second-order valence-electron chi connectivity index (χ2n) is 6.69. The third kappa shape index (κ3) is 2.79. The van der Waals surface area contributed by atoms with E-state index in [0.29, 0.717) is 0 Å². The molecule has 0 unspecified atom stereocenters. The Morgan fingerprint density at radius 3 is 1.62 bits per heavy atom. The highest BCUT2D eigenvalue weighted by Gasteiger charge is 3.02. The third-order valence-electron chi connectivity index (χ3n) is 4.85. The smallest absolute Gasteiger partial charge is 0.384 e. The van der Waals surface area contributed by atoms with Gasteiger partial charge in [0.1, 0.15) is 5.00 Å². The van der Waals surface area contributed by atoms with Gasteiger partial charge in [-0.05, 0) is 26.3 Å². The van der Waals surface area contributed by atoms with Crippen molar-refractivity contribution in [1.29, 1.82) is 0 Å². The Kier molecular flexibility index (Phi) is 5.87. The molecule has 16 heteroatoms. The molecule has 1 fully saturated rings. The molecule has 182 valence electrons. The number of carbonyl (C=O) groups excluding carboxylic acids is 2. The minimum absolute atomic E-state index is 0.0407. The van der Waals surface area contributed by atoms with Crippen molar-refractivity contribution in [3.63, 3.8) is 0 Å². The van der Waals surface area contributed by atoms with Gasteiger partial charge in [0.2, 0.25) is 0 Å². The van der Waals surface area contributed by atoms with Crippen molar-refractivity contribution in [3.8, 4) is 0 Å². The molecule has 0 spiro atoms. The van der Waals surface area contributed by atoms with Gasteiger partial charge in [-0.2, -0.15) is 43.9 Å². The Bertz CT molecular complexity index is 927. The Morgan fingerprint density at radius 1 is 0.812 bits per heavy atom. The predicted molar refractivity (Wildman–Crippen MR) is 87.0 cm³/mol. The minimum atomic E-state index is -7.44. The van der Waals surface area contributed by atoms with Gasteiger partial charge in [-0.3, -0.25) is 4.79 Å². The summed E-state index contributed by atoms with van der Waals surface area (Å²) in [5.41, 5.74) is -7.59. The van der Waals surface area contributed by atoms with E-state index in [1.165, 1.54) is 20.8 Å². The Hall–Kier alpha value is -2.13. The maximum Gasteiger partial charge on any atom is 0.384 e. The van der Waals surface area contributed by atoms with Crippen LogP contribution in [-0.2, 0) is 9.53 Å². The first kappa shape index (κ1) is 26.1. The molecule has 0 bridgehead atoms. The van der Waals surface area contributed by atoms with E-state index >= 15 is 0 Å². The number of rotatable bonds is 4. The van der Waals surface area contributed by atoms with E-state index in [1.807, 2.05) is 0 Å². The van der Waals surface area contributed by atoms with Crippen LogP contribution in [0.5, 0.6) is 0 Å². The highest BCUT2D eigenvalue weighted by atomic mass is 32.1. The van der Waals surface area contributed by atoms with E-state index in [-0.39, 0.29) is 28.4 Å². The second kappa shape index (κ2) is 7.18. The van der Waals surface area contributed by atoms with Crippen LogP contribution in [0.2, 0.25) is 0 Å². The fraction of sp³-hybridized carbons (Fsp3) is 0.625. The molecular weight excluding hydrogens is 495 g/mol. The van der Waals surface area contributed by atoms with Crippen LogP contribution in [0.3, 0.4) is 0 Å². The predicted octanol–water partition coefficient (Wildman–Crippen LogP) is 5.38. The molecule has 1 aromatic rings. The second-order valence-corrected chi connectivity index (χ2v) is 7.92. The van der Waals surface area contributed by atoms with E-state index in [1.54, 1.807) is 0 Å².